The molecule has 1 N–H and O–H groups in total. The standard InChI is InChI=1S/C11H22N2O2/c1-8(10(2,3)4)12-13-9(14)15-11(5,6)7/h1-7H3,(H,13,14). The van der Waals surface area contributed by atoms with E-state index in [4.69, 9.17) is 4.74 Å². The number of nitrogens with one attached hydrogen (secondary N) is 1. The SMILES string of the molecule is CC(=NNC(=O)OC(C)(C)C)C(C)(C)C. The van der Waals surface area contributed by atoms with E-state index in [9.17, 15) is 4.79 Å². The fourth-order valence-corrected chi connectivity index (χ4v) is 0.598. The maximum absolute atomic E-state index is 11.2. The predicted molar refractivity (Wildman–Crippen MR) is 61.9 cm³/mol. The molecular formula is C11H22N2O2. The smallest absolute Gasteiger partial charge is 0.428 e. The first-order valence-corrected chi connectivity index (χ1v) is 5.06. The molecule has 0 aromatic carbocycles. The van der Waals surface area contributed by atoms with Crippen LogP contribution in [0.5, 0.6) is 0 Å². The summed E-state index contributed by atoms with van der Waals surface area (Å²) in [5, 5.41) is 3.97. The van der Waals surface area contributed by atoms with E-state index in [1.807, 2.05) is 48.5 Å². The van der Waals surface area contributed by atoms with E-state index in [0.29, 0.717) is 0 Å². The van der Waals surface area contributed by atoms with Gasteiger partial charge in [0.25, 0.3) is 0 Å². The molecule has 0 unspecified atom stereocenters. The van der Waals surface area contributed by atoms with E-state index >= 15 is 0 Å². The van der Waals surface area contributed by atoms with Gasteiger partial charge >= 0.3 is 6.09 Å². The Bertz CT molecular complexity index is 257. The minimum atomic E-state index is -0.522. The Morgan fingerprint density at radius 2 is 1.60 bits per heavy atom. The Kier molecular flexibility index (Phi) is 4.31. The summed E-state index contributed by atoms with van der Waals surface area (Å²) < 4.78 is 5.04. The summed E-state index contributed by atoms with van der Waals surface area (Å²) in [7, 11) is 0. The maximum Gasteiger partial charge on any atom is 0.428 e. The lowest BCUT2D eigenvalue weighted by molar-refractivity contribution is 0.0529. The summed E-state index contributed by atoms with van der Waals surface area (Å²) in [6.07, 6.45) is -0.522. The van der Waals surface area contributed by atoms with Gasteiger partial charge in [-0.25, -0.2) is 10.2 Å². The molecular weight excluding hydrogens is 192 g/mol. The minimum absolute atomic E-state index is 0.0466. The Morgan fingerprint density at radius 1 is 1.13 bits per heavy atom. The van der Waals surface area contributed by atoms with E-state index < -0.39 is 11.7 Å². The molecule has 0 aromatic rings. The first-order chi connectivity index (χ1) is 6.52. The number of carbonyl (C=O) groups excluding carboxylic acids is 1. The third kappa shape index (κ3) is 6.94. The van der Waals surface area contributed by atoms with Crippen LogP contribution >= 0.6 is 0 Å². The zero-order valence-electron chi connectivity index (χ0n) is 10.8. The molecule has 0 fully saturated rings. The fourth-order valence-electron chi connectivity index (χ4n) is 0.598. The topological polar surface area (TPSA) is 50.7 Å². The van der Waals surface area contributed by atoms with E-state index in [-0.39, 0.29) is 5.41 Å². The van der Waals surface area contributed by atoms with Crippen LogP contribution in [0.15, 0.2) is 5.10 Å². The summed E-state index contributed by atoms with van der Waals surface area (Å²) in [4.78, 5) is 11.2. The van der Waals surface area contributed by atoms with Crippen molar-refractivity contribution < 1.29 is 9.53 Å². The van der Waals surface area contributed by atoms with Crippen molar-refractivity contribution in [3.05, 3.63) is 0 Å². The Hall–Kier alpha value is -1.06. The maximum atomic E-state index is 11.2. The van der Waals surface area contributed by atoms with Crippen LogP contribution < -0.4 is 5.43 Å². The highest BCUT2D eigenvalue weighted by molar-refractivity contribution is 5.87. The second-order valence-electron chi connectivity index (χ2n) is 5.56. The predicted octanol–water partition coefficient (Wildman–Crippen LogP) is 2.93. The average Bonchev–Trinajstić information content (AvgIpc) is 1.94. The van der Waals surface area contributed by atoms with Crippen molar-refractivity contribution in [2.24, 2.45) is 10.5 Å². The van der Waals surface area contributed by atoms with Crippen LogP contribution in [-0.4, -0.2) is 17.4 Å². The highest BCUT2D eigenvalue weighted by Crippen LogP contribution is 2.15. The summed E-state index contributed by atoms with van der Waals surface area (Å²) in [5.41, 5.74) is 2.69. The van der Waals surface area contributed by atoms with E-state index in [1.165, 1.54) is 0 Å². The van der Waals surface area contributed by atoms with Gasteiger partial charge in [-0.2, -0.15) is 5.10 Å². The Morgan fingerprint density at radius 3 is 1.93 bits per heavy atom. The van der Waals surface area contributed by atoms with Gasteiger partial charge in [0.1, 0.15) is 5.60 Å². The van der Waals surface area contributed by atoms with Crippen LogP contribution in [0.2, 0.25) is 0 Å². The van der Waals surface area contributed by atoms with Gasteiger partial charge in [-0.05, 0) is 27.7 Å². The van der Waals surface area contributed by atoms with Gasteiger partial charge in [-0.3, -0.25) is 0 Å². The molecule has 0 aromatic heterocycles. The van der Waals surface area contributed by atoms with Crippen molar-refractivity contribution in [3.8, 4) is 0 Å². The van der Waals surface area contributed by atoms with Crippen molar-refractivity contribution in [3.63, 3.8) is 0 Å². The van der Waals surface area contributed by atoms with Crippen molar-refractivity contribution in [1.82, 2.24) is 5.43 Å². The number of nitrogens with zero attached hydrogens (tertiary/aromatic N) is 1. The second-order valence-corrected chi connectivity index (χ2v) is 5.56. The number of ether oxygens (including phenoxy) is 1. The van der Waals surface area contributed by atoms with Crippen LogP contribution in [0.25, 0.3) is 0 Å². The lowest BCUT2D eigenvalue weighted by atomic mass is 9.91. The molecule has 0 spiro atoms. The Balaban J connectivity index is 4.23. The zero-order valence-corrected chi connectivity index (χ0v) is 10.8. The molecule has 0 aliphatic heterocycles. The van der Waals surface area contributed by atoms with Crippen LogP contribution in [0.1, 0.15) is 48.5 Å². The van der Waals surface area contributed by atoms with Crippen molar-refractivity contribution >= 4 is 11.8 Å². The molecule has 0 rings (SSSR count). The largest absolute Gasteiger partial charge is 0.443 e. The van der Waals surface area contributed by atoms with Gasteiger partial charge in [0.2, 0.25) is 0 Å². The first-order valence-electron chi connectivity index (χ1n) is 5.06. The van der Waals surface area contributed by atoms with E-state index in [0.717, 1.165) is 5.71 Å². The zero-order chi connectivity index (χ0) is 12.3. The summed E-state index contributed by atoms with van der Waals surface area (Å²) >= 11 is 0. The van der Waals surface area contributed by atoms with Gasteiger partial charge in [0, 0.05) is 11.1 Å². The molecule has 0 bridgehead atoms. The molecule has 0 saturated carbocycles. The molecule has 1 amide bonds. The highest BCUT2D eigenvalue weighted by Gasteiger charge is 2.17. The molecule has 0 radical (unpaired) electrons. The monoisotopic (exact) mass is 214 g/mol. The van der Waals surface area contributed by atoms with Crippen LogP contribution in [-0.2, 0) is 4.74 Å². The molecule has 15 heavy (non-hydrogen) atoms. The van der Waals surface area contributed by atoms with Gasteiger partial charge in [-0.15, -0.1) is 0 Å². The number of amides is 1. The van der Waals surface area contributed by atoms with Gasteiger partial charge in [-0.1, -0.05) is 20.8 Å². The lowest BCUT2D eigenvalue weighted by Gasteiger charge is -2.20. The molecule has 0 aliphatic rings. The molecule has 0 saturated heterocycles. The van der Waals surface area contributed by atoms with Crippen LogP contribution in [0.4, 0.5) is 4.79 Å². The average molecular weight is 214 g/mol. The number of hydrogen-bond acceptors (Lipinski definition) is 3. The normalized spacial score (nSPS) is 13.7. The molecule has 0 aliphatic carbocycles. The molecule has 0 atom stereocenters. The number of hydrogen-bond donors (Lipinski definition) is 1. The van der Waals surface area contributed by atoms with Gasteiger partial charge < -0.3 is 4.74 Å². The summed E-state index contributed by atoms with van der Waals surface area (Å²) in [6, 6.07) is 0. The van der Waals surface area contributed by atoms with Crippen molar-refractivity contribution in [2.45, 2.75) is 54.1 Å². The van der Waals surface area contributed by atoms with E-state index in [2.05, 4.69) is 10.5 Å². The van der Waals surface area contributed by atoms with Gasteiger partial charge in [0.15, 0.2) is 0 Å². The molecule has 0 heterocycles. The molecule has 88 valence electrons. The Labute approximate surface area is 92.1 Å². The summed E-state index contributed by atoms with van der Waals surface area (Å²) in [6.45, 7) is 13.4. The van der Waals surface area contributed by atoms with E-state index in [1.54, 1.807) is 0 Å². The number of rotatable bonds is 1. The van der Waals surface area contributed by atoms with Crippen LogP contribution in [0.3, 0.4) is 0 Å². The molecule has 4 heteroatoms. The first kappa shape index (κ1) is 13.9. The highest BCUT2D eigenvalue weighted by atomic mass is 16.6. The van der Waals surface area contributed by atoms with Crippen molar-refractivity contribution in [1.29, 1.82) is 0 Å². The third-order valence-electron chi connectivity index (χ3n) is 1.80. The number of hydrazone groups is 1. The minimum Gasteiger partial charge on any atom is -0.443 e. The number of carbonyl (C=O) groups is 1. The third-order valence-corrected chi connectivity index (χ3v) is 1.80. The quantitative estimate of drug-likeness (QED) is 0.539. The van der Waals surface area contributed by atoms with Crippen LogP contribution in [0, 0.1) is 5.41 Å². The molecule has 4 nitrogen and oxygen atoms in total. The lowest BCUT2D eigenvalue weighted by Crippen LogP contribution is -2.31. The van der Waals surface area contributed by atoms with Crippen molar-refractivity contribution in [2.75, 3.05) is 0 Å². The second kappa shape index (κ2) is 4.64. The summed E-state index contributed by atoms with van der Waals surface area (Å²) in [5.74, 6) is 0. The fraction of sp³-hybridized carbons (Fsp3) is 0.818. The van der Waals surface area contributed by atoms with Gasteiger partial charge in [0.05, 0.1) is 0 Å².